The number of carbonyl (C=O) groups excluding carboxylic acids is 1. The molecule has 3 rings (SSSR count). The lowest BCUT2D eigenvalue weighted by molar-refractivity contribution is 0.102. The van der Waals surface area contributed by atoms with E-state index in [1.807, 2.05) is 73.7 Å². The number of rotatable bonds is 2. The van der Waals surface area contributed by atoms with Gasteiger partial charge >= 0.3 is 0 Å². The molecule has 25 heavy (non-hydrogen) atoms. The summed E-state index contributed by atoms with van der Waals surface area (Å²) in [6.07, 6.45) is 0. The SMILES string of the molecule is Cc1ccc(NC(=O)c2cccc(C#Cc3ccccc3)c2)cc1C. The van der Waals surface area contributed by atoms with Crippen LogP contribution in [0.25, 0.3) is 0 Å². The summed E-state index contributed by atoms with van der Waals surface area (Å²) in [5.74, 6) is 6.08. The Bertz CT molecular complexity index is 962. The Morgan fingerprint density at radius 2 is 1.48 bits per heavy atom. The van der Waals surface area contributed by atoms with Crippen LogP contribution in [0.5, 0.6) is 0 Å². The summed E-state index contributed by atoms with van der Waals surface area (Å²) in [4.78, 5) is 12.5. The third-order valence-electron chi connectivity index (χ3n) is 4.01. The average Bonchev–Trinajstić information content (AvgIpc) is 2.64. The molecule has 0 radical (unpaired) electrons. The van der Waals surface area contributed by atoms with Gasteiger partial charge in [-0.15, -0.1) is 0 Å². The Hall–Kier alpha value is -3.31. The van der Waals surface area contributed by atoms with Crippen molar-refractivity contribution in [3.8, 4) is 11.8 Å². The van der Waals surface area contributed by atoms with Gasteiger partial charge in [0, 0.05) is 22.4 Å². The maximum atomic E-state index is 12.5. The predicted octanol–water partition coefficient (Wildman–Crippen LogP) is 4.96. The summed E-state index contributed by atoms with van der Waals surface area (Å²) in [7, 11) is 0. The molecular weight excluding hydrogens is 306 g/mol. The minimum absolute atomic E-state index is 0.133. The predicted molar refractivity (Wildman–Crippen MR) is 103 cm³/mol. The smallest absolute Gasteiger partial charge is 0.255 e. The number of carbonyl (C=O) groups is 1. The zero-order valence-corrected chi connectivity index (χ0v) is 14.3. The minimum Gasteiger partial charge on any atom is -0.322 e. The van der Waals surface area contributed by atoms with Crippen LogP contribution < -0.4 is 5.32 Å². The van der Waals surface area contributed by atoms with Gasteiger partial charge in [0.25, 0.3) is 5.91 Å². The molecule has 0 aromatic heterocycles. The van der Waals surface area contributed by atoms with Gasteiger partial charge in [-0.1, -0.05) is 42.2 Å². The summed E-state index contributed by atoms with van der Waals surface area (Å²) in [6, 6.07) is 23.1. The van der Waals surface area contributed by atoms with Gasteiger partial charge in [-0.3, -0.25) is 4.79 Å². The van der Waals surface area contributed by atoms with E-state index in [0.29, 0.717) is 5.56 Å². The number of anilines is 1. The van der Waals surface area contributed by atoms with Crippen LogP contribution in [0.1, 0.15) is 32.6 Å². The molecule has 2 nitrogen and oxygen atoms in total. The normalized spacial score (nSPS) is 9.84. The van der Waals surface area contributed by atoms with E-state index in [2.05, 4.69) is 24.1 Å². The number of hydrogen-bond donors (Lipinski definition) is 1. The number of benzene rings is 3. The highest BCUT2D eigenvalue weighted by Gasteiger charge is 2.07. The van der Waals surface area contributed by atoms with Crippen LogP contribution in [0.2, 0.25) is 0 Å². The second-order valence-electron chi connectivity index (χ2n) is 5.95. The van der Waals surface area contributed by atoms with Gasteiger partial charge in [0.15, 0.2) is 0 Å². The number of amides is 1. The van der Waals surface area contributed by atoms with Crippen molar-refractivity contribution in [2.45, 2.75) is 13.8 Å². The molecule has 122 valence electrons. The first-order chi connectivity index (χ1) is 12.1. The molecule has 1 amide bonds. The molecule has 0 spiro atoms. The number of aryl methyl sites for hydroxylation is 2. The highest BCUT2D eigenvalue weighted by molar-refractivity contribution is 6.04. The van der Waals surface area contributed by atoms with Gasteiger partial charge in [-0.05, 0) is 67.4 Å². The van der Waals surface area contributed by atoms with Crippen molar-refractivity contribution in [3.05, 3.63) is 101 Å². The standard InChI is InChI=1S/C23H19NO/c1-17-11-14-22(15-18(17)2)24-23(25)21-10-6-9-20(16-21)13-12-19-7-4-3-5-8-19/h3-11,14-16H,1-2H3,(H,24,25). The van der Waals surface area contributed by atoms with E-state index in [0.717, 1.165) is 22.4 Å². The molecule has 0 saturated heterocycles. The van der Waals surface area contributed by atoms with Gasteiger partial charge < -0.3 is 5.32 Å². The van der Waals surface area contributed by atoms with Gasteiger partial charge in [0.05, 0.1) is 0 Å². The Morgan fingerprint density at radius 3 is 2.24 bits per heavy atom. The van der Waals surface area contributed by atoms with Crippen LogP contribution >= 0.6 is 0 Å². The third-order valence-corrected chi connectivity index (χ3v) is 4.01. The van der Waals surface area contributed by atoms with Crippen LogP contribution in [0, 0.1) is 25.7 Å². The lowest BCUT2D eigenvalue weighted by Gasteiger charge is -2.08. The lowest BCUT2D eigenvalue weighted by atomic mass is 10.1. The van der Waals surface area contributed by atoms with Gasteiger partial charge in [0.1, 0.15) is 0 Å². The Balaban J connectivity index is 1.78. The first-order valence-corrected chi connectivity index (χ1v) is 8.17. The second kappa shape index (κ2) is 7.51. The summed E-state index contributed by atoms with van der Waals surface area (Å²) >= 11 is 0. The molecular formula is C23H19NO. The number of hydrogen-bond acceptors (Lipinski definition) is 1. The van der Waals surface area contributed by atoms with Gasteiger partial charge in [-0.2, -0.15) is 0 Å². The molecule has 0 bridgehead atoms. The second-order valence-corrected chi connectivity index (χ2v) is 5.95. The molecule has 0 unspecified atom stereocenters. The molecule has 2 heteroatoms. The molecule has 0 aliphatic rings. The molecule has 0 fully saturated rings. The van der Waals surface area contributed by atoms with E-state index in [9.17, 15) is 4.79 Å². The largest absolute Gasteiger partial charge is 0.322 e. The first kappa shape index (κ1) is 16.5. The zero-order valence-electron chi connectivity index (χ0n) is 14.3. The molecule has 0 aliphatic carbocycles. The third kappa shape index (κ3) is 4.37. The fourth-order valence-electron chi connectivity index (χ4n) is 2.43. The molecule has 0 aliphatic heterocycles. The lowest BCUT2D eigenvalue weighted by Crippen LogP contribution is -2.12. The highest BCUT2D eigenvalue weighted by atomic mass is 16.1. The van der Waals surface area contributed by atoms with E-state index in [1.54, 1.807) is 6.07 Å². The van der Waals surface area contributed by atoms with E-state index in [4.69, 9.17) is 0 Å². The van der Waals surface area contributed by atoms with Crippen molar-refractivity contribution in [2.75, 3.05) is 5.32 Å². The first-order valence-electron chi connectivity index (χ1n) is 8.17. The van der Waals surface area contributed by atoms with Gasteiger partial charge in [-0.25, -0.2) is 0 Å². The zero-order chi connectivity index (χ0) is 17.6. The topological polar surface area (TPSA) is 29.1 Å². The maximum absolute atomic E-state index is 12.5. The Morgan fingerprint density at radius 1 is 0.760 bits per heavy atom. The van der Waals surface area contributed by atoms with Crippen LogP contribution in [-0.4, -0.2) is 5.91 Å². The molecule has 1 N–H and O–H groups in total. The van der Waals surface area contributed by atoms with Gasteiger partial charge in [0.2, 0.25) is 0 Å². The van der Waals surface area contributed by atoms with E-state index in [1.165, 1.54) is 5.56 Å². The summed E-state index contributed by atoms with van der Waals surface area (Å²) in [6.45, 7) is 4.08. The van der Waals surface area contributed by atoms with Crippen LogP contribution in [0.4, 0.5) is 5.69 Å². The summed E-state index contributed by atoms with van der Waals surface area (Å²) in [5, 5.41) is 2.94. The molecule has 0 atom stereocenters. The molecule has 3 aromatic rings. The monoisotopic (exact) mass is 325 g/mol. The summed E-state index contributed by atoms with van der Waals surface area (Å²) < 4.78 is 0. The van der Waals surface area contributed by atoms with Crippen molar-refractivity contribution in [1.29, 1.82) is 0 Å². The van der Waals surface area contributed by atoms with Crippen molar-refractivity contribution in [1.82, 2.24) is 0 Å². The van der Waals surface area contributed by atoms with Crippen LogP contribution in [0.3, 0.4) is 0 Å². The van der Waals surface area contributed by atoms with Crippen molar-refractivity contribution >= 4 is 11.6 Å². The van der Waals surface area contributed by atoms with E-state index >= 15 is 0 Å². The van der Waals surface area contributed by atoms with E-state index < -0.39 is 0 Å². The number of nitrogens with one attached hydrogen (secondary N) is 1. The van der Waals surface area contributed by atoms with Crippen molar-refractivity contribution in [2.24, 2.45) is 0 Å². The van der Waals surface area contributed by atoms with Crippen molar-refractivity contribution in [3.63, 3.8) is 0 Å². The highest BCUT2D eigenvalue weighted by Crippen LogP contribution is 2.15. The average molecular weight is 325 g/mol. The quantitative estimate of drug-likeness (QED) is 0.663. The van der Waals surface area contributed by atoms with Crippen LogP contribution in [0.15, 0.2) is 72.8 Å². The Labute approximate surface area is 148 Å². The van der Waals surface area contributed by atoms with E-state index in [-0.39, 0.29) is 5.91 Å². The van der Waals surface area contributed by atoms with Crippen LogP contribution in [-0.2, 0) is 0 Å². The molecule has 0 heterocycles. The molecule has 3 aromatic carbocycles. The fourth-order valence-corrected chi connectivity index (χ4v) is 2.43. The molecule has 0 saturated carbocycles. The fraction of sp³-hybridized carbons (Fsp3) is 0.0870. The minimum atomic E-state index is -0.133. The Kier molecular flexibility index (Phi) is 4.97. The van der Waals surface area contributed by atoms with Crippen molar-refractivity contribution < 1.29 is 4.79 Å². The summed E-state index contributed by atoms with van der Waals surface area (Å²) in [5.41, 5.74) is 5.52. The maximum Gasteiger partial charge on any atom is 0.255 e.